The number of hydrogen-bond acceptors (Lipinski definition) is 1. The molecule has 3 heteroatoms. The second-order valence-corrected chi connectivity index (χ2v) is 6.46. The molecule has 1 aliphatic rings. The minimum absolute atomic E-state index is 0.0313. The summed E-state index contributed by atoms with van der Waals surface area (Å²) >= 11 is 0. The number of amides is 1. The number of carbonyl (C=O) groups excluding carboxylic acids is 1. The predicted molar refractivity (Wildman–Crippen MR) is 87.8 cm³/mol. The fourth-order valence-electron chi connectivity index (χ4n) is 3.17. The van der Waals surface area contributed by atoms with Crippen LogP contribution >= 0.6 is 0 Å². The van der Waals surface area contributed by atoms with Gasteiger partial charge in [-0.1, -0.05) is 24.1 Å². The number of hydrogen-bond donors (Lipinski definition) is 2. The Morgan fingerprint density at radius 1 is 1.10 bits per heavy atom. The average molecular weight is 289 g/mol. The standard InChI is InChI=1S/C18H28N2O/c1-14-9-10-17(15(2)13-14)19-18(21)16(3)20-11-7-5-4-6-8-12-20/h9-10,13,16H,4-8,11-12H2,1-3H3,(H,19,21)/p+1/t16-/m1/s1. The number of aryl methyl sites for hydroxylation is 2. The third-order valence-corrected chi connectivity index (χ3v) is 4.64. The molecule has 0 unspecified atom stereocenters. The van der Waals surface area contributed by atoms with E-state index in [0.29, 0.717) is 0 Å². The first kappa shape index (κ1) is 16.0. The van der Waals surface area contributed by atoms with Crippen LogP contribution in [0.3, 0.4) is 0 Å². The average Bonchev–Trinajstić information content (AvgIpc) is 2.41. The molecule has 0 bridgehead atoms. The van der Waals surface area contributed by atoms with Crippen molar-refractivity contribution in [2.45, 2.75) is 58.9 Å². The summed E-state index contributed by atoms with van der Waals surface area (Å²) < 4.78 is 0. The summed E-state index contributed by atoms with van der Waals surface area (Å²) in [6.45, 7) is 8.44. The van der Waals surface area contributed by atoms with Crippen LogP contribution in [-0.4, -0.2) is 25.0 Å². The van der Waals surface area contributed by atoms with E-state index in [-0.39, 0.29) is 11.9 Å². The Labute approximate surface area is 128 Å². The third-order valence-electron chi connectivity index (χ3n) is 4.64. The molecular weight excluding hydrogens is 260 g/mol. The van der Waals surface area contributed by atoms with E-state index in [4.69, 9.17) is 0 Å². The van der Waals surface area contributed by atoms with Crippen LogP contribution in [0.2, 0.25) is 0 Å². The zero-order chi connectivity index (χ0) is 15.2. The molecule has 3 nitrogen and oxygen atoms in total. The zero-order valence-corrected chi connectivity index (χ0v) is 13.7. The minimum atomic E-state index is 0.0313. The molecule has 1 aromatic rings. The lowest BCUT2D eigenvalue weighted by molar-refractivity contribution is -0.914. The zero-order valence-electron chi connectivity index (χ0n) is 13.7. The molecule has 0 aromatic heterocycles. The van der Waals surface area contributed by atoms with Gasteiger partial charge in [0.15, 0.2) is 6.04 Å². The monoisotopic (exact) mass is 289 g/mol. The summed E-state index contributed by atoms with van der Waals surface area (Å²) in [5, 5.41) is 3.11. The van der Waals surface area contributed by atoms with Gasteiger partial charge in [-0.05, 0) is 58.1 Å². The van der Waals surface area contributed by atoms with E-state index in [1.54, 1.807) is 0 Å². The number of anilines is 1. The molecule has 0 spiro atoms. The second-order valence-electron chi connectivity index (χ2n) is 6.46. The van der Waals surface area contributed by atoms with Crippen molar-refractivity contribution in [3.8, 4) is 0 Å². The van der Waals surface area contributed by atoms with E-state index in [1.165, 1.54) is 42.6 Å². The number of rotatable bonds is 3. The molecule has 2 N–H and O–H groups in total. The van der Waals surface area contributed by atoms with Gasteiger partial charge in [0.25, 0.3) is 5.91 Å². The molecule has 0 saturated carbocycles. The normalized spacial score (nSPS) is 18.6. The number of likely N-dealkylation sites (tertiary alicyclic amines) is 1. The van der Waals surface area contributed by atoms with E-state index in [9.17, 15) is 4.79 Å². The summed E-state index contributed by atoms with van der Waals surface area (Å²) in [5.41, 5.74) is 3.31. The van der Waals surface area contributed by atoms with E-state index >= 15 is 0 Å². The molecule has 1 aliphatic heterocycles. The summed E-state index contributed by atoms with van der Waals surface area (Å²) in [6.07, 6.45) is 6.48. The maximum Gasteiger partial charge on any atom is 0.282 e. The quantitative estimate of drug-likeness (QED) is 0.880. The van der Waals surface area contributed by atoms with Gasteiger partial charge in [-0.2, -0.15) is 0 Å². The van der Waals surface area contributed by atoms with Gasteiger partial charge >= 0.3 is 0 Å². The molecular formula is C18H29N2O+. The largest absolute Gasteiger partial charge is 0.325 e. The van der Waals surface area contributed by atoms with Crippen molar-refractivity contribution in [2.75, 3.05) is 18.4 Å². The smallest absolute Gasteiger partial charge is 0.282 e. The molecule has 1 saturated heterocycles. The molecule has 21 heavy (non-hydrogen) atoms. The van der Waals surface area contributed by atoms with Gasteiger partial charge in [-0.3, -0.25) is 4.79 Å². The maximum absolute atomic E-state index is 12.5. The summed E-state index contributed by atoms with van der Waals surface area (Å²) in [7, 11) is 0. The van der Waals surface area contributed by atoms with Crippen molar-refractivity contribution in [3.05, 3.63) is 29.3 Å². The Bertz CT molecular complexity index is 476. The Hall–Kier alpha value is -1.35. The third kappa shape index (κ3) is 4.57. The topological polar surface area (TPSA) is 33.5 Å². The number of carbonyl (C=O) groups is 1. The van der Waals surface area contributed by atoms with Crippen molar-refractivity contribution in [2.24, 2.45) is 0 Å². The van der Waals surface area contributed by atoms with Gasteiger partial charge in [0.1, 0.15) is 0 Å². The van der Waals surface area contributed by atoms with E-state index in [1.807, 2.05) is 6.07 Å². The molecule has 116 valence electrons. The van der Waals surface area contributed by atoms with Crippen LogP contribution < -0.4 is 10.2 Å². The highest BCUT2D eigenvalue weighted by Crippen LogP contribution is 2.16. The maximum atomic E-state index is 12.5. The Balaban J connectivity index is 1.97. The number of nitrogens with one attached hydrogen (secondary N) is 2. The molecule has 0 aliphatic carbocycles. The predicted octanol–water partition coefficient (Wildman–Crippen LogP) is 2.48. The van der Waals surface area contributed by atoms with Gasteiger partial charge in [0.2, 0.25) is 0 Å². The highest BCUT2D eigenvalue weighted by Gasteiger charge is 2.25. The fraction of sp³-hybridized carbons (Fsp3) is 0.611. The first-order valence-electron chi connectivity index (χ1n) is 8.30. The lowest BCUT2D eigenvalue weighted by atomic mass is 10.1. The molecule has 1 atom stereocenters. The highest BCUT2D eigenvalue weighted by molar-refractivity contribution is 5.94. The SMILES string of the molecule is Cc1ccc(NC(=O)[C@@H](C)[NH+]2CCCCCCC2)c(C)c1. The van der Waals surface area contributed by atoms with Gasteiger partial charge in [-0.15, -0.1) is 0 Å². The van der Waals surface area contributed by atoms with Crippen molar-refractivity contribution >= 4 is 11.6 Å². The summed E-state index contributed by atoms with van der Waals surface area (Å²) in [5.74, 6) is 0.150. The van der Waals surface area contributed by atoms with Crippen LogP contribution in [-0.2, 0) is 4.79 Å². The molecule has 2 rings (SSSR count). The van der Waals surface area contributed by atoms with Crippen LogP contribution in [0.25, 0.3) is 0 Å². The minimum Gasteiger partial charge on any atom is -0.325 e. The van der Waals surface area contributed by atoms with E-state index in [2.05, 4.69) is 38.2 Å². The van der Waals surface area contributed by atoms with Crippen molar-refractivity contribution in [1.29, 1.82) is 0 Å². The number of quaternary nitrogens is 1. The molecule has 1 amide bonds. The van der Waals surface area contributed by atoms with Crippen LogP contribution in [0.5, 0.6) is 0 Å². The lowest BCUT2D eigenvalue weighted by Crippen LogP contribution is -3.16. The first-order chi connectivity index (χ1) is 10.1. The summed E-state index contributed by atoms with van der Waals surface area (Å²) in [4.78, 5) is 14.0. The van der Waals surface area contributed by atoms with Gasteiger partial charge < -0.3 is 10.2 Å². The van der Waals surface area contributed by atoms with Crippen molar-refractivity contribution < 1.29 is 9.69 Å². The molecule has 1 aromatic carbocycles. The van der Waals surface area contributed by atoms with Crippen LogP contribution in [0, 0.1) is 13.8 Å². The van der Waals surface area contributed by atoms with Crippen molar-refractivity contribution in [3.63, 3.8) is 0 Å². The Morgan fingerprint density at radius 3 is 2.33 bits per heavy atom. The molecule has 1 heterocycles. The van der Waals surface area contributed by atoms with E-state index in [0.717, 1.165) is 24.3 Å². The van der Waals surface area contributed by atoms with E-state index < -0.39 is 0 Å². The van der Waals surface area contributed by atoms with Gasteiger partial charge in [-0.25, -0.2) is 0 Å². The van der Waals surface area contributed by atoms with Crippen LogP contribution in [0.15, 0.2) is 18.2 Å². The van der Waals surface area contributed by atoms with Crippen molar-refractivity contribution in [1.82, 2.24) is 0 Å². The van der Waals surface area contributed by atoms with Crippen LogP contribution in [0.4, 0.5) is 5.69 Å². The Morgan fingerprint density at radius 2 is 1.71 bits per heavy atom. The van der Waals surface area contributed by atoms with Gasteiger partial charge in [0.05, 0.1) is 13.1 Å². The van der Waals surface area contributed by atoms with Crippen LogP contribution in [0.1, 0.15) is 50.2 Å². The fourth-order valence-corrected chi connectivity index (χ4v) is 3.17. The first-order valence-corrected chi connectivity index (χ1v) is 8.30. The lowest BCUT2D eigenvalue weighted by Gasteiger charge is -2.27. The molecule has 0 radical (unpaired) electrons. The second kappa shape index (κ2) is 7.60. The Kier molecular flexibility index (Phi) is 5.80. The highest BCUT2D eigenvalue weighted by atomic mass is 16.2. The summed E-state index contributed by atoms with van der Waals surface area (Å²) in [6, 6.07) is 6.21. The molecule has 1 fully saturated rings. The van der Waals surface area contributed by atoms with Gasteiger partial charge in [0, 0.05) is 5.69 Å². The number of benzene rings is 1.